The van der Waals surface area contributed by atoms with Crippen LogP contribution in [0, 0.1) is 0 Å². The maximum atomic E-state index is 11.5. The number of hydrogen-bond acceptors (Lipinski definition) is 4. The Labute approximate surface area is 96.8 Å². The first kappa shape index (κ1) is 9.84. The number of rotatable bonds is 1. The molecule has 17 heavy (non-hydrogen) atoms. The maximum Gasteiger partial charge on any atom is 0.360 e. The van der Waals surface area contributed by atoms with Gasteiger partial charge >= 0.3 is 5.97 Å². The molecular formula is C13H9NO3. The van der Waals surface area contributed by atoms with Crippen LogP contribution in [-0.2, 0) is 4.74 Å². The Morgan fingerprint density at radius 2 is 2.00 bits per heavy atom. The second kappa shape index (κ2) is 3.59. The second-order valence-electron chi connectivity index (χ2n) is 3.69. The van der Waals surface area contributed by atoms with Crippen LogP contribution >= 0.6 is 0 Å². The fraction of sp³-hybridized carbons (Fsp3) is 0.0769. The molecule has 0 amide bonds. The molecule has 1 aromatic heterocycles. The molecule has 0 saturated heterocycles. The highest BCUT2D eigenvalue weighted by molar-refractivity contribution is 6.10. The third kappa shape index (κ3) is 1.38. The normalized spacial score (nSPS) is 10.9. The van der Waals surface area contributed by atoms with Gasteiger partial charge in [-0.3, -0.25) is 0 Å². The molecule has 0 atom stereocenters. The van der Waals surface area contributed by atoms with Gasteiger partial charge < -0.3 is 9.26 Å². The summed E-state index contributed by atoms with van der Waals surface area (Å²) < 4.78 is 9.89. The third-order valence-electron chi connectivity index (χ3n) is 2.74. The molecule has 0 spiro atoms. The van der Waals surface area contributed by atoms with Crippen LogP contribution in [0.2, 0.25) is 0 Å². The van der Waals surface area contributed by atoms with Crippen LogP contribution in [-0.4, -0.2) is 18.2 Å². The van der Waals surface area contributed by atoms with Crippen molar-refractivity contribution < 1.29 is 14.1 Å². The molecule has 0 radical (unpaired) electrons. The van der Waals surface area contributed by atoms with E-state index in [0.29, 0.717) is 11.0 Å². The number of esters is 1. The van der Waals surface area contributed by atoms with Gasteiger partial charge in [-0.1, -0.05) is 35.5 Å². The first-order chi connectivity index (χ1) is 8.31. The predicted octanol–water partition coefficient (Wildman–Crippen LogP) is 2.77. The zero-order valence-corrected chi connectivity index (χ0v) is 9.14. The van der Waals surface area contributed by atoms with E-state index >= 15 is 0 Å². The molecule has 4 nitrogen and oxygen atoms in total. The Morgan fingerprint density at radius 1 is 1.18 bits per heavy atom. The number of carbonyl (C=O) groups is 1. The van der Waals surface area contributed by atoms with Crippen molar-refractivity contribution in [3.8, 4) is 0 Å². The molecule has 0 aliphatic rings. The van der Waals surface area contributed by atoms with Crippen molar-refractivity contribution >= 4 is 27.7 Å². The lowest BCUT2D eigenvalue weighted by Gasteiger charge is -1.97. The third-order valence-corrected chi connectivity index (χ3v) is 2.74. The largest absolute Gasteiger partial charge is 0.464 e. The summed E-state index contributed by atoms with van der Waals surface area (Å²) in [5, 5.41) is 6.43. The smallest absolute Gasteiger partial charge is 0.360 e. The van der Waals surface area contributed by atoms with Gasteiger partial charge in [0.15, 0.2) is 11.3 Å². The summed E-state index contributed by atoms with van der Waals surface area (Å²) >= 11 is 0. The molecule has 0 saturated carbocycles. The molecule has 0 bridgehead atoms. The van der Waals surface area contributed by atoms with E-state index in [2.05, 4.69) is 9.89 Å². The van der Waals surface area contributed by atoms with E-state index in [1.54, 1.807) is 0 Å². The average molecular weight is 227 g/mol. The average Bonchev–Trinajstić information content (AvgIpc) is 2.82. The second-order valence-corrected chi connectivity index (χ2v) is 3.69. The molecule has 2 aromatic carbocycles. The van der Waals surface area contributed by atoms with Crippen molar-refractivity contribution in [3.63, 3.8) is 0 Å². The number of aromatic nitrogens is 1. The lowest BCUT2D eigenvalue weighted by molar-refractivity contribution is 0.0591. The molecule has 0 unspecified atom stereocenters. The van der Waals surface area contributed by atoms with Gasteiger partial charge in [0, 0.05) is 5.39 Å². The molecular weight excluding hydrogens is 218 g/mol. The zero-order chi connectivity index (χ0) is 11.8. The van der Waals surface area contributed by atoms with Gasteiger partial charge in [0.2, 0.25) is 0 Å². The molecule has 0 aliphatic carbocycles. The summed E-state index contributed by atoms with van der Waals surface area (Å²) in [5.41, 5.74) is 0.830. The number of ether oxygens (including phenoxy) is 1. The van der Waals surface area contributed by atoms with Gasteiger partial charge in [0.05, 0.1) is 12.5 Å². The molecule has 0 aliphatic heterocycles. The quantitative estimate of drug-likeness (QED) is 0.600. The van der Waals surface area contributed by atoms with E-state index in [1.165, 1.54) is 7.11 Å². The number of fused-ring (bicyclic) bond motifs is 3. The van der Waals surface area contributed by atoms with Gasteiger partial charge in [0.1, 0.15) is 0 Å². The van der Waals surface area contributed by atoms with Crippen molar-refractivity contribution in [2.75, 3.05) is 7.11 Å². The predicted molar refractivity (Wildman–Crippen MR) is 62.9 cm³/mol. The molecule has 3 aromatic rings. The number of hydrogen-bond donors (Lipinski definition) is 0. The minimum absolute atomic E-state index is 0.216. The van der Waals surface area contributed by atoms with Crippen LogP contribution in [0.3, 0.4) is 0 Å². The van der Waals surface area contributed by atoms with Crippen molar-refractivity contribution in [2.24, 2.45) is 0 Å². The summed E-state index contributed by atoms with van der Waals surface area (Å²) in [5.74, 6) is -0.487. The maximum absolute atomic E-state index is 11.5. The first-order valence-electron chi connectivity index (χ1n) is 5.16. The van der Waals surface area contributed by atoms with E-state index in [0.717, 1.165) is 10.8 Å². The summed E-state index contributed by atoms with van der Waals surface area (Å²) in [7, 11) is 1.32. The van der Waals surface area contributed by atoms with Crippen LogP contribution in [0.15, 0.2) is 40.9 Å². The molecule has 3 rings (SSSR count). The first-order valence-corrected chi connectivity index (χ1v) is 5.16. The van der Waals surface area contributed by atoms with E-state index in [-0.39, 0.29) is 5.69 Å². The number of carbonyl (C=O) groups excluding carboxylic acids is 1. The van der Waals surface area contributed by atoms with Crippen LogP contribution in [0.1, 0.15) is 10.5 Å². The van der Waals surface area contributed by atoms with Crippen LogP contribution in [0.4, 0.5) is 0 Å². The molecule has 4 heteroatoms. The fourth-order valence-electron chi connectivity index (χ4n) is 1.91. The van der Waals surface area contributed by atoms with Crippen molar-refractivity contribution in [1.29, 1.82) is 0 Å². The number of nitrogens with zero attached hydrogens (tertiary/aromatic N) is 1. The van der Waals surface area contributed by atoms with Gasteiger partial charge in [-0.2, -0.15) is 0 Å². The zero-order valence-electron chi connectivity index (χ0n) is 9.14. The van der Waals surface area contributed by atoms with E-state index < -0.39 is 5.97 Å². The highest BCUT2D eigenvalue weighted by Gasteiger charge is 2.17. The summed E-state index contributed by atoms with van der Waals surface area (Å²) in [6, 6.07) is 11.5. The highest BCUT2D eigenvalue weighted by atomic mass is 16.5. The molecule has 1 heterocycles. The van der Waals surface area contributed by atoms with Gasteiger partial charge in [-0.05, 0) is 11.5 Å². The number of benzene rings is 2. The van der Waals surface area contributed by atoms with Crippen LogP contribution < -0.4 is 0 Å². The van der Waals surface area contributed by atoms with Crippen molar-refractivity contribution in [2.45, 2.75) is 0 Å². The van der Waals surface area contributed by atoms with Crippen LogP contribution in [0.5, 0.6) is 0 Å². The Balaban J connectivity index is 2.39. The lowest BCUT2D eigenvalue weighted by Crippen LogP contribution is -2.01. The van der Waals surface area contributed by atoms with Gasteiger partial charge in [0.25, 0.3) is 0 Å². The Bertz CT molecular complexity index is 715. The van der Waals surface area contributed by atoms with E-state index in [4.69, 9.17) is 4.52 Å². The van der Waals surface area contributed by atoms with E-state index in [9.17, 15) is 4.79 Å². The summed E-state index contributed by atoms with van der Waals surface area (Å²) in [6.45, 7) is 0. The topological polar surface area (TPSA) is 52.3 Å². The minimum atomic E-state index is -0.487. The minimum Gasteiger partial charge on any atom is -0.464 e. The van der Waals surface area contributed by atoms with Crippen molar-refractivity contribution in [3.05, 3.63) is 42.1 Å². The van der Waals surface area contributed by atoms with Gasteiger partial charge in [-0.25, -0.2) is 4.79 Å². The molecule has 0 fully saturated rings. The Hall–Kier alpha value is -2.36. The fourth-order valence-corrected chi connectivity index (χ4v) is 1.91. The Kier molecular flexibility index (Phi) is 2.08. The molecule has 0 N–H and O–H groups in total. The van der Waals surface area contributed by atoms with E-state index in [1.807, 2.05) is 36.4 Å². The van der Waals surface area contributed by atoms with Crippen molar-refractivity contribution in [1.82, 2.24) is 5.16 Å². The summed E-state index contributed by atoms with van der Waals surface area (Å²) in [6.07, 6.45) is 0. The highest BCUT2D eigenvalue weighted by Crippen LogP contribution is 2.27. The van der Waals surface area contributed by atoms with Crippen LogP contribution in [0.25, 0.3) is 21.7 Å². The Morgan fingerprint density at radius 3 is 2.82 bits per heavy atom. The lowest BCUT2D eigenvalue weighted by atomic mass is 10.1. The van der Waals surface area contributed by atoms with Gasteiger partial charge in [-0.15, -0.1) is 0 Å². The molecule has 84 valence electrons. The summed E-state index contributed by atoms with van der Waals surface area (Å²) in [4.78, 5) is 11.5. The SMILES string of the molecule is COC(=O)c1noc2c1ccc1ccccc12. The monoisotopic (exact) mass is 227 g/mol. The standard InChI is InChI=1S/C13H9NO3/c1-16-13(15)11-10-7-6-8-4-2-3-5-9(8)12(10)17-14-11/h2-7H,1H3. The number of methoxy groups -OCH3 is 1.